The van der Waals surface area contributed by atoms with Crippen LogP contribution in [0.2, 0.25) is 0 Å². The first kappa shape index (κ1) is 20.1. The number of sulfonamides is 1. The number of nitrogens with one attached hydrogen (secondary N) is 1. The van der Waals surface area contributed by atoms with Crippen molar-refractivity contribution in [2.24, 2.45) is 5.73 Å². The van der Waals surface area contributed by atoms with Gasteiger partial charge in [-0.1, -0.05) is 0 Å². The fourth-order valence-corrected chi connectivity index (χ4v) is 3.99. The van der Waals surface area contributed by atoms with Gasteiger partial charge in [0, 0.05) is 12.1 Å². The highest BCUT2D eigenvalue weighted by Crippen LogP contribution is 2.35. The first-order valence-corrected chi connectivity index (χ1v) is 8.22. The van der Waals surface area contributed by atoms with Crippen molar-refractivity contribution < 1.29 is 26.0 Å². The summed E-state index contributed by atoms with van der Waals surface area (Å²) < 4.78 is 78.4. The van der Waals surface area contributed by atoms with E-state index in [2.05, 4.69) is 4.72 Å². The second-order valence-corrected chi connectivity index (χ2v) is 7.05. The molecule has 0 aromatic heterocycles. The van der Waals surface area contributed by atoms with E-state index in [0.717, 1.165) is 0 Å². The number of hydrogen-bond acceptors (Lipinski definition) is 3. The molecule has 0 atom stereocenters. The lowest BCUT2D eigenvalue weighted by Gasteiger charge is -2.27. The average Bonchev–Trinajstić information content (AvgIpc) is 2.40. The van der Waals surface area contributed by atoms with E-state index in [1.807, 2.05) is 0 Å². The second-order valence-electron chi connectivity index (χ2n) is 5.37. The highest BCUT2D eigenvalue weighted by atomic mass is 35.5. The van der Waals surface area contributed by atoms with Crippen molar-refractivity contribution in [1.82, 2.24) is 4.72 Å². The molecule has 0 bridgehead atoms. The maximum atomic E-state index is 13.0. The van der Waals surface area contributed by atoms with Crippen LogP contribution in [-0.2, 0) is 16.2 Å². The Kier molecular flexibility index (Phi) is 6.42. The highest BCUT2D eigenvalue weighted by Gasteiger charge is 2.38. The van der Waals surface area contributed by atoms with Crippen LogP contribution in [0.5, 0.6) is 0 Å². The zero-order valence-corrected chi connectivity index (χ0v) is 13.6. The lowest BCUT2D eigenvalue weighted by Crippen LogP contribution is -2.40. The standard InChI is InChI=1S/C13H16F4N2O2S.ClH/c14-8-1-6-12(11(7-8)13(15,16)17)22(20,21)19-10-4-2-9(18)3-5-10;/h1,6-7,9-10,19H,2-5,18H2;1H. The van der Waals surface area contributed by atoms with Gasteiger partial charge in [-0.2, -0.15) is 13.2 Å². The molecule has 1 fully saturated rings. The summed E-state index contributed by atoms with van der Waals surface area (Å²) in [5.41, 5.74) is 4.20. The van der Waals surface area contributed by atoms with Gasteiger partial charge < -0.3 is 5.73 Å². The predicted octanol–water partition coefficient (Wildman–Crippen LogP) is 2.81. The van der Waals surface area contributed by atoms with Gasteiger partial charge in [0.15, 0.2) is 0 Å². The molecule has 2 rings (SSSR count). The normalized spacial score (nSPS) is 22.5. The smallest absolute Gasteiger partial charge is 0.328 e. The fourth-order valence-electron chi connectivity index (χ4n) is 2.48. The lowest BCUT2D eigenvalue weighted by atomic mass is 9.93. The minimum atomic E-state index is -4.96. The van der Waals surface area contributed by atoms with Crippen LogP contribution < -0.4 is 10.5 Å². The van der Waals surface area contributed by atoms with Crippen LogP contribution in [0, 0.1) is 5.82 Å². The molecular formula is C13H17ClF4N2O2S. The molecule has 1 aromatic carbocycles. The molecular weight excluding hydrogens is 360 g/mol. The van der Waals surface area contributed by atoms with E-state index in [9.17, 15) is 26.0 Å². The minimum absolute atomic E-state index is 0. The Morgan fingerprint density at radius 3 is 2.22 bits per heavy atom. The molecule has 0 spiro atoms. The van der Waals surface area contributed by atoms with E-state index < -0.39 is 38.5 Å². The first-order valence-electron chi connectivity index (χ1n) is 6.74. The zero-order chi connectivity index (χ0) is 16.5. The van der Waals surface area contributed by atoms with Crippen LogP contribution in [0.4, 0.5) is 17.6 Å². The Morgan fingerprint density at radius 2 is 1.70 bits per heavy atom. The Bertz CT molecular complexity index is 644. The molecule has 1 aromatic rings. The van der Waals surface area contributed by atoms with Crippen LogP contribution >= 0.6 is 12.4 Å². The van der Waals surface area contributed by atoms with Gasteiger partial charge in [-0.3, -0.25) is 0 Å². The minimum Gasteiger partial charge on any atom is -0.328 e. The largest absolute Gasteiger partial charge is 0.417 e. The van der Waals surface area contributed by atoms with E-state index in [-0.39, 0.29) is 24.5 Å². The molecule has 0 unspecified atom stereocenters. The average molecular weight is 377 g/mol. The van der Waals surface area contributed by atoms with Gasteiger partial charge in [0.25, 0.3) is 0 Å². The summed E-state index contributed by atoms with van der Waals surface area (Å²) in [4.78, 5) is -0.962. The van der Waals surface area contributed by atoms with Gasteiger partial charge in [0.05, 0.1) is 10.5 Å². The molecule has 132 valence electrons. The summed E-state index contributed by atoms with van der Waals surface area (Å²) in [6.07, 6.45) is -2.83. The van der Waals surface area contributed by atoms with E-state index in [1.54, 1.807) is 0 Å². The lowest BCUT2D eigenvalue weighted by molar-refractivity contribution is -0.140. The van der Waals surface area contributed by atoms with E-state index >= 15 is 0 Å². The summed E-state index contributed by atoms with van der Waals surface area (Å²) in [6.45, 7) is 0. The molecule has 1 aliphatic rings. The van der Waals surface area contributed by atoms with Crippen molar-refractivity contribution in [2.75, 3.05) is 0 Å². The molecule has 0 radical (unpaired) electrons. The van der Waals surface area contributed by atoms with Crippen molar-refractivity contribution in [3.63, 3.8) is 0 Å². The number of halogens is 5. The second kappa shape index (κ2) is 7.33. The van der Waals surface area contributed by atoms with Gasteiger partial charge >= 0.3 is 6.18 Å². The third-order valence-corrected chi connectivity index (χ3v) is 5.21. The highest BCUT2D eigenvalue weighted by molar-refractivity contribution is 7.89. The molecule has 0 heterocycles. The predicted molar refractivity (Wildman–Crippen MR) is 79.2 cm³/mol. The molecule has 3 N–H and O–H groups in total. The van der Waals surface area contributed by atoms with Crippen molar-refractivity contribution in [1.29, 1.82) is 0 Å². The van der Waals surface area contributed by atoms with Gasteiger partial charge in [-0.05, 0) is 43.9 Å². The number of alkyl halides is 3. The first-order chi connectivity index (χ1) is 10.1. The Morgan fingerprint density at radius 1 is 1.13 bits per heavy atom. The van der Waals surface area contributed by atoms with Crippen LogP contribution in [0.1, 0.15) is 31.2 Å². The Labute approximate surface area is 137 Å². The number of nitrogens with two attached hydrogens (primary N) is 1. The van der Waals surface area contributed by atoms with Gasteiger partial charge in [0.2, 0.25) is 10.0 Å². The van der Waals surface area contributed by atoms with Crippen molar-refractivity contribution in [3.05, 3.63) is 29.6 Å². The molecule has 23 heavy (non-hydrogen) atoms. The third kappa shape index (κ3) is 5.03. The van der Waals surface area contributed by atoms with Crippen LogP contribution in [0.15, 0.2) is 23.1 Å². The third-order valence-electron chi connectivity index (χ3n) is 3.63. The molecule has 0 aliphatic heterocycles. The van der Waals surface area contributed by atoms with Gasteiger partial charge in [-0.15, -0.1) is 12.4 Å². The summed E-state index contributed by atoms with van der Waals surface area (Å²) in [7, 11) is -4.39. The van der Waals surface area contributed by atoms with Crippen LogP contribution in [-0.4, -0.2) is 20.5 Å². The maximum Gasteiger partial charge on any atom is 0.417 e. The number of rotatable bonds is 3. The molecule has 4 nitrogen and oxygen atoms in total. The SMILES string of the molecule is Cl.NC1CCC(NS(=O)(=O)c2ccc(F)cc2C(F)(F)F)CC1. The summed E-state index contributed by atoms with van der Waals surface area (Å²) in [5.74, 6) is -1.14. The number of hydrogen-bond donors (Lipinski definition) is 2. The summed E-state index contributed by atoms with van der Waals surface area (Å²) in [6, 6.07) is 1.04. The molecule has 0 saturated heterocycles. The molecule has 1 saturated carbocycles. The van der Waals surface area contributed by atoms with Crippen LogP contribution in [0.25, 0.3) is 0 Å². The topological polar surface area (TPSA) is 72.2 Å². The maximum absolute atomic E-state index is 13.0. The Balaban J connectivity index is 0.00000264. The number of benzene rings is 1. The van der Waals surface area contributed by atoms with Crippen molar-refractivity contribution in [3.8, 4) is 0 Å². The van der Waals surface area contributed by atoms with Gasteiger partial charge in [0.1, 0.15) is 5.82 Å². The van der Waals surface area contributed by atoms with E-state index in [4.69, 9.17) is 5.73 Å². The molecule has 0 amide bonds. The van der Waals surface area contributed by atoms with Crippen LogP contribution in [0.3, 0.4) is 0 Å². The monoisotopic (exact) mass is 376 g/mol. The zero-order valence-electron chi connectivity index (χ0n) is 11.9. The molecule has 10 heteroatoms. The quantitative estimate of drug-likeness (QED) is 0.797. The summed E-state index contributed by atoms with van der Waals surface area (Å²) in [5, 5.41) is 0. The van der Waals surface area contributed by atoms with Crippen molar-refractivity contribution >= 4 is 22.4 Å². The Hall–Kier alpha value is -0.900. The van der Waals surface area contributed by atoms with E-state index in [0.29, 0.717) is 37.8 Å². The van der Waals surface area contributed by atoms with Crippen molar-refractivity contribution in [2.45, 2.75) is 48.8 Å². The van der Waals surface area contributed by atoms with Gasteiger partial charge in [-0.25, -0.2) is 17.5 Å². The summed E-state index contributed by atoms with van der Waals surface area (Å²) >= 11 is 0. The van der Waals surface area contributed by atoms with E-state index in [1.165, 1.54) is 0 Å². The fraction of sp³-hybridized carbons (Fsp3) is 0.538. The molecule has 1 aliphatic carbocycles.